The molecule has 3 aromatic heterocycles. The summed E-state index contributed by atoms with van der Waals surface area (Å²) in [6.07, 6.45) is -5.65. The van der Waals surface area contributed by atoms with Gasteiger partial charge in [0.15, 0.2) is 5.65 Å². The Morgan fingerprint density at radius 1 is 1.06 bits per heavy atom. The molecule has 0 saturated carbocycles. The number of rotatable bonds is 7. The van der Waals surface area contributed by atoms with Crippen molar-refractivity contribution < 1.29 is 25.5 Å². The predicted octanol–water partition coefficient (Wildman–Crippen LogP) is -2.90. The largest absolute Gasteiger partial charge is 0.394 e. The van der Waals surface area contributed by atoms with Gasteiger partial charge in [-0.3, -0.25) is 0 Å². The van der Waals surface area contributed by atoms with Crippen LogP contribution in [0.4, 0.5) is 0 Å². The average molecular weight is 433 g/mol. The van der Waals surface area contributed by atoms with Crippen LogP contribution >= 0.6 is 0 Å². The van der Waals surface area contributed by atoms with Crippen LogP contribution in [0.25, 0.3) is 27.9 Å². The molecule has 0 spiro atoms. The minimum absolute atomic E-state index is 0.0936. The Kier molecular flexibility index (Phi) is 7.45. The second-order valence-corrected chi connectivity index (χ2v) is 6.62. The van der Waals surface area contributed by atoms with E-state index in [0.29, 0.717) is 11.5 Å². The number of hydrogen-bond donors (Lipinski definition) is 7. The Morgan fingerprint density at radius 2 is 1.81 bits per heavy atom. The Hall–Kier alpha value is -3.14. The monoisotopic (exact) mass is 433 g/mol. The summed E-state index contributed by atoms with van der Waals surface area (Å²) < 4.78 is 1.67. The summed E-state index contributed by atoms with van der Waals surface area (Å²) in [6.45, 7) is -0.569. The third-order valence-electron chi connectivity index (χ3n) is 4.50. The number of H-pyrrole nitrogens is 1. The predicted molar refractivity (Wildman–Crippen MR) is 106 cm³/mol. The molecule has 14 heteroatoms. The smallest absolute Gasteiger partial charge is 0.208 e. The van der Waals surface area contributed by atoms with Crippen molar-refractivity contribution in [3.8, 4) is 11.4 Å². The molecule has 0 aliphatic carbocycles. The van der Waals surface area contributed by atoms with E-state index in [1.54, 1.807) is 11.6 Å². The Bertz CT molecular complexity index is 1090. The van der Waals surface area contributed by atoms with Gasteiger partial charge in [0.1, 0.15) is 18.3 Å². The summed E-state index contributed by atoms with van der Waals surface area (Å²) in [4.78, 5) is 0. The number of tetrazole rings is 2. The number of aliphatic hydroxyl groups excluding tert-OH is 5. The highest BCUT2D eigenvalue weighted by molar-refractivity contribution is 5.89. The van der Waals surface area contributed by atoms with Gasteiger partial charge in [0.25, 0.3) is 0 Å². The molecule has 14 nitrogen and oxygen atoms in total. The van der Waals surface area contributed by atoms with Gasteiger partial charge in [0.2, 0.25) is 5.82 Å². The average Bonchev–Trinajstić information content (AvgIpc) is 3.50. The molecular weight excluding hydrogens is 410 g/mol. The van der Waals surface area contributed by atoms with Crippen LogP contribution < -0.4 is 5.32 Å². The zero-order valence-corrected chi connectivity index (χ0v) is 16.5. The van der Waals surface area contributed by atoms with Crippen molar-refractivity contribution in [3.63, 3.8) is 0 Å². The number of benzene rings is 1. The molecule has 31 heavy (non-hydrogen) atoms. The first-order chi connectivity index (χ1) is 15.0. The van der Waals surface area contributed by atoms with Crippen LogP contribution in [0.1, 0.15) is 0 Å². The number of nitrogens with zero attached hydrogens (tertiary/aromatic N) is 7. The summed E-state index contributed by atoms with van der Waals surface area (Å²) in [7, 11) is 1.57. The first kappa shape index (κ1) is 22.5. The molecule has 4 unspecified atom stereocenters. The van der Waals surface area contributed by atoms with E-state index in [9.17, 15) is 5.11 Å². The summed E-state index contributed by atoms with van der Waals surface area (Å²) in [5, 5.41) is 74.1. The Labute approximate surface area is 175 Å². The van der Waals surface area contributed by atoms with Gasteiger partial charge in [-0.2, -0.15) is 9.73 Å². The van der Waals surface area contributed by atoms with Crippen LogP contribution in [0.3, 0.4) is 0 Å². The molecule has 0 bridgehead atoms. The second kappa shape index (κ2) is 10.3. The van der Waals surface area contributed by atoms with E-state index in [2.05, 4.69) is 41.5 Å². The number of pyridine rings is 1. The minimum atomic E-state index is -1.55. The number of fused-ring (bicyclic) bond motifs is 3. The number of aliphatic hydroxyl groups is 5. The van der Waals surface area contributed by atoms with Gasteiger partial charge in [-0.05, 0) is 34.8 Å². The first-order valence-electron chi connectivity index (χ1n) is 9.29. The van der Waals surface area contributed by atoms with E-state index in [-0.39, 0.29) is 6.54 Å². The molecule has 3 heterocycles. The lowest BCUT2D eigenvalue weighted by Gasteiger charge is -2.25. The maximum Gasteiger partial charge on any atom is 0.208 e. The zero-order chi connectivity index (χ0) is 22.4. The second-order valence-electron chi connectivity index (χ2n) is 6.62. The van der Waals surface area contributed by atoms with Gasteiger partial charge >= 0.3 is 0 Å². The fraction of sp³-hybridized carbons (Fsp3) is 0.412. The fourth-order valence-corrected chi connectivity index (χ4v) is 2.87. The van der Waals surface area contributed by atoms with E-state index in [0.717, 1.165) is 16.5 Å². The third-order valence-corrected chi connectivity index (χ3v) is 4.50. The standard InChI is InChI=1S/C10H6N8.C7H17NO5/c1-2-4-8-6(3-1)5-7(9-11-14-15-12-9)10-13-16-17-18(8)10;1-8-2-4(10)6(12)7(13)5(11)3-9/h1-5H,(H,11,12,14,15);4-13H,2-3H2,1H3. The van der Waals surface area contributed by atoms with Crippen molar-refractivity contribution in [1.29, 1.82) is 0 Å². The quantitative estimate of drug-likeness (QED) is 0.156. The number of aromatic nitrogens is 8. The van der Waals surface area contributed by atoms with Crippen LogP contribution in [0.15, 0.2) is 30.3 Å². The van der Waals surface area contributed by atoms with Crippen LogP contribution in [0, 0.1) is 0 Å². The van der Waals surface area contributed by atoms with Crippen LogP contribution in [0.5, 0.6) is 0 Å². The molecule has 4 rings (SSSR count). The van der Waals surface area contributed by atoms with E-state index in [1.807, 2.05) is 30.3 Å². The van der Waals surface area contributed by atoms with Crippen LogP contribution in [-0.4, -0.2) is 111 Å². The molecule has 4 aromatic rings. The van der Waals surface area contributed by atoms with Gasteiger partial charge in [-0.15, -0.1) is 15.3 Å². The highest BCUT2D eigenvalue weighted by atomic mass is 16.4. The van der Waals surface area contributed by atoms with E-state index >= 15 is 0 Å². The summed E-state index contributed by atoms with van der Waals surface area (Å²) in [6, 6.07) is 9.79. The summed E-state index contributed by atoms with van der Waals surface area (Å²) >= 11 is 0. The lowest BCUT2D eigenvalue weighted by atomic mass is 10.0. The van der Waals surface area contributed by atoms with Gasteiger partial charge in [-0.25, -0.2) is 0 Å². The maximum absolute atomic E-state index is 9.21. The highest BCUT2D eigenvalue weighted by Gasteiger charge is 2.29. The van der Waals surface area contributed by atoms with Crippen molar-refractivity contribution in [1.82, 2.24) is 46.0 Å². The van der Waals surface area contributed by atoms with Crippen molar-refractivity contribution in [2.24, 2.45) is 0 Å². The Balaban J connectivity index is 0.000000188. The van der Waals surface area contributed by atoms with Gasteiger partial charge in [-0.1, -0.05) is 18.2 Å². The Morgan fingerprint density at radius 3 is 2.48 bits per heavy atom. The molecule has 0 amide bonds. The minimum Gasteiger partial charge on any atom is -0.394 e. The van der Waals surface area contributed by atoms with Crippen LogP contribution in [0.2, 0.25) is 0 Å². The van der Waals surface area contributed by atoms with Crippen LogP contribution in [-0.2, 0) is 0 Å². The zero-order valence-electron chi connectivity index (χ0n) is 16.5. The van der Waals surface area contributed by atoms with Crippen molar-refractivity contribution in [2.45, 2.75) is 24.4 Å². The molecule has 4 atom stereocenters. The number of likely N-dealkylation sites (N-methyl/N-ethyl adjacent to an activating group) is 1. The number of aromatic amines is 1. The van der Waals surface area contributed by atoms with E-state index in [1.165, 1.54) is 0 Å². The summed E-state index contributed by atoms with van der Waals surface area (Å²) in [5.41, 5.74) is 2.28. The fourth-order valence-electron chi connectivity index (χ4n) is 2.87. The SMILES string of the molecule is CNCC(O)C(O)C(O)C(O)CO.c1ccc2c(c1)cc(-c1nn[nH]n1)c1nnnn12. The third kappa shape index (κ3) is 4.96. The molecule has 1 aromatic carbocycles. The lowest BCUT2D eigenvalue weighted by molar-refractivity contribution is -0.113. The number of hydrogen-bond acceptors (Lipinski definition) is 12. The topological polar surface area (TPSA) is 211 Å². The van der Waals surface area contributed by atoms with E-state index < -0.39 is 31.0 Å². The normalized spacial score (nSPS) is 15.3. The molecule has 0 saturated heterocycles. The van der Waals surface area contributed by atoms with Gasteiger partial charge in [0, 0.05) is 11.9 Å². The molecule has 7 N–H and O–H groups in total. The van der Waals surface area contributed by atoms with Gasteiger partial charge in [0.05, 0.1) is 23.8 Å². The highest BCUT2D eigenvalue weighted by Crippen LogP contribution is 2.24. The lowest BCUT2D eigenvalue weighted by Crippen LogP contribution is -2.48. The van der Waals surface area contributed by atoms with E-state index in [4.69, 9.17) is 20.4 Å². The van der Waals surface area contributed by atoms with Crippen molar-refractivity contribution >= 4 is 16.6 Å². The molecule has 166 valence electrons. The molecular formula is C17H23N9O5. The molecule has 0 fully saturated rings. The van der Waals surface area contributed by atoms with Crippen molar-refractivity contribution in [2.75, 3.05) is 20.2 Å². The van der Waals surface area contributed by atoms with Crippen molar-refractivity contribution in [3.05, 3.63) is 30.3 Å². The van der Waals surface area contributed by atoms with Gasteiger partial charge < -0.3 is 30.8 Å². The molecule has 0 aliphatic rings. The number of nitrogens with one attached hydrogen (secondary N) is 2. The maximum atomic E-state index is 9.21. The number of para-hydroxylation sites is 1. The molecule has 0 aliphatic heterocycles. The summed E-state index contributed by atoms with van der Waals surface area (Å²) in [5.74, 6) is 0.473. The first-order valence-corrected chi connectivity index (χ1v) is 9.29. The molecule has 0 radical (unpaired) electrons.